The molecule has 0 aliphatic rings. The average molecular weight is 415 g/mol. The monoisotopic (exact) mass is 414 g/mol. The second-order valence-electron chi connectivity index (χ2n) is 5.28. The molecular weight excluding hydrogens is 400 g/mol. The molecule has 1 heterocycles. The molecule has 1 aromatic heterocycles. The molecule has 132 valence electrons. The highest BCUT2D eigenvalue weighted by molar-refractivity contribution is 9.10. The Morgan fingerprint density at radius 2 is 1.58 bits per heavy atom. The van der Waals surface area contributed by atoms with Gasteiger partial charge in [-0.2, -0.15) is 0 Å². The number of benzene rings is 2. The van der Waals surface area contributed by atoms with E-state index in [-0.39, 0.29) is 12.4 Å². The molecule has 6 nitrogen and oxygen atoms in total. The molecule has 0 bridgehead atoms. The Labute approximate surface area is 158 Å². The van der Waals surface area contributed by atoms with Gasteiger partial charge in [-0.25, -0.2) is 0 Å². The van der Waals surface area contributed by atoms with Crippen LogP contribution in [0.3, 0.4) is 0 Å². The van der Waals surface area contributed by atoms with Gasteiger partial charge in [0.15, 0.2) is 5.76 Å². The second-order valence-corrected chi connectivity index (χ2v) is 6.20. The van der Waals surface area contributed by atoms with E-state index in [1.165, 1.54) is 6.07 Å². The van der Waals surface area contributed by atoms with Crippen LogP contribution < -0.4 is 15.6 Å². The van der Waals surface area contributed by atoms with Crippen molar-refractivity contribution in [3.05, 3.63) is 88.3 Å². The zero-order valence-electron chi connectivity index (χ0n) is 13.6. The largest absolute Gasteiger partial charge is 0.486 e. The summed E-state index contributed by atoms with van der Waals surface area (Å²) >= 11 is 3.29. The predicted molar refractivity (Wildman–Crippen MR) is 98.6 cm³/mol. The fourth-order valence-corrected chi connectivity index (χ4v) is 2.36. The Hall–Kier alpha value is -3.06. The zero-order chi connectivity index (χ0) is 18.4. The van der Waals surface area contributed by atoms with Crippen molar-refractivity contribution in [2.24, 2.45) is 0 Å². The minimum atomic E-state index is -0.554. The summed E-state index contributed by atoms with van der Waals surface area (Å²) in [4.78, 5) is 24.0. The molecule has 3 aromatic rings. The minimum Gasteiger partial charge on any atom is -0.486 e. The molecule has 2 amide bonds. The molecule has 0 unspecified atom stereocenters. The van der Waals surface area contributed by atoms with Crippen LogP contribution in [0.25, 0.3) is 0 Å². The standard InChI is InChI=1S/C19H15BrN2O4/c20-14-8-6-13(7-9-14)18(23)21-22-19(24)17-11-10-16(26-17)12-25-15-4-2-1-3-5-15/h1-11H,12H2,(H,21,23)(H,22,24). The molecule has 7 heteroatoms. The van der Waals surface area contributed by atoms with Gasteiger partial charge in [-0.3, -0.25) is 20.4 Å². The molecule has 0 aliphatic carbocycles. The fourth-order valence-electron chi connectivity index (χ4n) is 2.10. The van der Waals surface area contributed by atoms with Crippen LogP contribution in [0.1, 0.15) is 26.7 Å². The number of halogens is 1. The van der Waals surface area contributed by atoms with Crippen molar-refractivity contribution in [3.63, 3.8) is 0 Å². The van der Waals surface area contributed by atoms with E-state index >= 15 is 0 Å². The van der Waals surface area contributed by atoms with Crippen molar-refractivity contribution in [2.45, 2.75) is 6.61 Å². The van der Waals surface area contributed by atoms with Gasteiger partial charge in [0, 0.05) is 10.0 Å². The van der Waals surface area contributed by atoms with Crippen molar-refractivity contribution in [3.8, 4) is 5.75 Å². The predicted octanol–water partition coefficient (Wildman–Crippen LogP) is 3.70. The molecule has 0 radical (unpaired) electrons. The third kappa shape index (κ3) is 4.73. The number of carbonyl (C=O) groups excluding carboxylic acids is 2. The van der Waals surface area contributed by atoms with Gasteiger partial charge in [0.05, 0.1) is 0 Å². The van der Waals surface area contributed by atoms with Crippen LogP contribution in [0.2, 0.25) is 0 Å². The molecule has 26 heavy (non-hydrogen) atoms. The molecule has 2 N–H and O–H groups in total. The van der Waals surface area contributed by atoms with Gasteiger partial charge in [-0.1, -0.05) is 34.1 Å². The lowest BCUT2D eigenvalue weighted by molar-refractivity contribution is 0.0828. The van der Waals surface area contributed by atoms with E-state index in [2.05, 4.69) is 26.8 Å². The summed E-state index contributed by atoms with van der Waals surface area (Å²) in [5.74, 6) is 0.300. The Morgan fingerprint density at radius 3 is 2.31 bits per heavy atom. The molecular formula is C19H15BrN2O4. The van der Waals surface area contributed by atoms with Crippen molar-refractivity contribution in [1.82, 2.24) is 10.9 Å². The highest BCUT2D eigenvalue weighted by Crippen LogP contribution is 2.14. The Bertz CT molecular complexity index is 891. The van der Waals surface area contributed by atoms with E-state index < -0.39 is 11.8 Å². The first-order valence-corrected chi connectivity index (χ1v) is 8.54. The summed E-state index contributed by atoms with van der Waals surface area (Å²) in [7, 11) is 0. The summed E-state index contributed by atoms with van der Waals surface area (Å²) in [5.41, 5.74) is 5.07. The van der Waals surface area contributed by atoms with E-state index in [0.29, 0.717) is 17.1 Å². The van der Waals surface area contributed by atoms with Crippen LogP contribution >= 0.6 is 15.9 Å². The van der Waals surface area contributed by atoms with Crippen LogP contribution in [-0.2, 0) is 6.61 Å². The lowest BCUT2D eigenvalue weighted by atomic mass is 10.2. The number of nitrogens with one attached hydrogen (secondary N) is 2. The number of carbonyl (C=O) groups is 2. The Kier molecular flexibility index (Phi) is 5.70. The van der Waals surface area contributed by atoms with Crippen LogP contribution in [-0.4, -0.2) is 11.8 Å². The summed E-state index contributed by atoms with van der Waals surface area (Å²) in [6.45, 7) is 0.197. The first-order chi connectivity index (χ1) is 12.6. The molecule has 0 saturated carbocycles. The van der Waals surface area contributed by atoms with Gasteiger partial charge in [-0.15, -0.1) is 0 Å². The highest BCUT2D eigenvalue weighted by atomic mass is 79.9. The maximum Gasteiger partial charge on any atom is 0.305 e. The number of hydrogen-bond acceptors (Lipinski definition) is 4. The van der Waals surface area contributed by atoms with Gasteiger partial charge in [0.2, 0.25) is 0 Å². The lowest BCUT2D eigenvalue weighted by Crippen LogP contribution is -2.41. The smallest absolute Gasteiger partial charge is 0.305 e. The number of ether oxygens (including phenoxy) is 1. The van der Waals surface area contributed by atoms with Gasteiger partial charge in [0.1, 0.15) is 18.1 Å². The summed E-state index contributed by atoms with van der Waals surface area (Å²) in [5, 5.41) is 0. The SMILES string of the molecule is O=C(NNC(=O)c1ccc(COc2ccccc2)o1)c1ccc(Br)cc1. The van der Waals surface area contributed by atoms with E-state index in [1.807, 2.05) is 30.3 Å². The average Bonchev–Trinajstić information content (AvgIpc) is 3.15. The van der Waals surface area contributed by atoms with Crippen molar-refractivity contribution in [1.29, 1.82) is 0 Å². The number of hydrogen-bond donors (Lipinski definition) is 2. The quantitative estimate of drug-likeness (QED) is 0.623. The number of para-hydroxylation sites is 1. The molecule has 0 fully saturated rings. The van der Waals surface area contributed by atoms with Crippen LogP contribution in [0.15, 0.2) is 75.6 Å². The van der Waals surface area contributed by atoms with Crippen molar-refractivity contribution in [2.75, 3.05) is 0 Å². The van der Waals surface area contributed by atoms with Gasteiger partial charge < -0.3 is 9.15 Å². The number of furan rings is 1. The molecule has 2 aromatic carbocycles. The molecule has 0 saturated heterocycles. The fraction of sp³-hybridized carbons (Fsp3) is 0.0526. The minimum absolute atomic E-state index is 0.0766. The zero-order valence-corrected chi connectivity index (χ0v) is 15.2. The van der Waals surface area contributed by atoms with E-state index in [0.717, 1.165) is 4.47 Å². The maximum atomic E-state index is 12.1. The first kappa shape index (κ1) is 17.8. The number of amides is 2. The molecule has 0 atom stereocenters. The molecule has 0 aliphatic heterocycles. The molecule has 3 rings (SSSR count). The third-order valence-corrected chi connectivity index (χ3v) is 3.93. The second kappa shape index (κ2) is 8.35. The number of rotatable bonds is 5. The van der Waals surface area contributed by atoms with Crippen LogP contribution in [0, 0.1) is 0 Å². The topological polar surface area (TPSA) is 80.6 Å². The van der Waals surface area contributed by atoms with Gasteiger partial charge in [-0.05, 0) is 48.5 Å². The van der Waals surface area contributed by atoms with Crippen LogP contribution in [0.5, 0.6) is 5.75 Å². The van der Waals surface area contributed by atoms with Gasteiger partial charge in [0.25, 0.3) is 5.91 Å². The lowest BCUT2D eigenvalue weighted by Gasteiger charge is -2.06. The Balaban J connectivity index is 1.51. The normalized spacial score (nSPS) is 10.2. The van der Waals surface area contributed by atoms with Crippen molar-refractivity contribution >= 4 is 27.7 Å². The highest BCUT2D eigenvalue weighted by Gasteiger charge is 2.13. The number of hydrazine groups is 1. The van der Waals surface area contributed by atoms with E-state index in [1.54, 1.807) is 30.3 Å². The van der Waals surface area contributed by atoms with Crippen LogP contribution in [0.4, 0.5) is 0 Å². The summed E-state index contributed by atoms with van der Waals surface area (Å²) in [6, 6.07) is 19.2. The van der Waals surface area contributed by atoms with E-state index in [9.17, 15) is 9.59 Å². The van der Waals surface area contributed by atoms with Crippen molar-refractivity contribution < 1.29 is 18.7 Å². The first-order valence-electron chi connectivity index (χ1n) is 7.74. The summed E-state index contributed by atoms with van der Waals surface area (Å²) < 4.78 is 11.8. The van der Waals surface area contributed by atoms with E-state index in [4.69, 9.17) is 9.15 Å². The molecule has 0 spiro atoms. The van der Waals surface area contributed by atoms with Gasteiger partial charge >= 0.3 is 5.91 Å². The third-order valence-electron chi connectivity index (χ3n) is 3.41. The summed E-state index contributed by atoms with van der Waals surface area (Å²) in [6.07, 6.45) is 0. The Morgan fingerprint density at radius 1 is 0.885 bits per heavy atom. The maximum absolute atomic E-state index is 12.1.